The van der Waals surface area contributed by atoms with Crippen LogP contribution in [0.4, 0.5) is 24.5 Å². The van der Waals surface area contributed by atoms with E-state index in [0.717, 1.165) is 40.8 Å². The second-order valence-electron chi connectivity index (χ2n) is 9.26. The van der Waals surface area contributed by atoms with Crippen molar-refractivity contribution >= 4 is 50.3 Å². The van der Waals surface area contributed by atoms with Gasteiger partial charge in [-0.15, -0.1) is 0 Å². The maximum absolute atomic E-state index is 12.5. The first-order valence-electron chi connectivity index (χ1n) is 12.3. The number of ether oxygens (including phenoxy) is 2. The fourth-order valence-corrected chi connectivity index (χ4v) is 4.81. The van der Waals surface area contributed by atoms with Gasteiger partial charge in [-0.2, -0.15) is 26.6 Å². The number of para-hydroxylation sites is 1. The summed E-state index contributed by atoms with van der Waals surface area (Å²) in [6, 6.07) is 19.9. The molecule has 0 atom stereocenters. The van der Waals surface area contributed by atoms with Gasteiger partial charge in [0.05, 0.1) is 11.5 Å². The fraction of sp³-hybridized carbons (Fsp3) is 0.214. The van der Waals surface area contributed by atoms with Gasteiger partial charge in [0.15, 0.2) is 5.17 Å². The number of alkyl halides is 3. The van der Waals surface area contributed by atoms with Crippen molar-refractivity contribution in [1.82, 2.24) is 0 Å². The zero-order valence-corrected chi connectivity index (χ0v) is 23.6. The predicted molar refractivity (Wildman–Crippen MR) is 154 cm³/mol. The van der Waals surface area contributed by atoms with Gasteiger partial charge in [0.2, 0.25) is 0 Å². The molecule has 3 aromatic carbocycles. The van der Waals surface area contributed by atoms with Crippen LogP contribution in [0.15, 0.2) is 82.7 Å². The molecule has 0 bridgehead atoms. The third kappa shape index (κ3) is 8.27. The van der Waals surface area contributed by atoms with E-state index in [9.17, 15) is 26.4 Å². The second-order valence-corrected chi connectivity index (χ2v) is 12.0. The molecular formula is C28H26F3N3O5S2. The lowest BCUT2D eigenvalue weighted by Gasteiger charge is -2.14. The molecule has 0 spiro atoms. The summed E-state index contributed by atoms with van der Waals surface area (Å²) in [4.78, 5) is 16.7. The number of amides is 1. The molecule has 0 saturated carbocycles. The predicted octanol–water partition coefficient (Wildman–Crippen LogP) is 6.64. The fourth-order valence-electron chi connectivity index (χ4n) is 3.41. The first-order valence-corrected chi connectivity index (χ1v) is 14.6. The minimum absolute atomic E-state index is 0.262. The van der Waals surface area contributed by atoms with E-state index in [-0.39, 0.29) is 10.9 Å². The van der Waals surface area contributed by atoms with Crippen molar-refractivity contribution in [2.75, 3.05) is 16.6 Å². The molecule has 1 heterocycles. The summed E-state index contributed by atoms with van der Waals surface area (Å²) in [6.45, 7) is 5.11. The number of benzene rings is 3. The molecule has 3 aromatic rings. The third-order valence-electron chi connectivity index (χ3n) is 5.43. The number of anilines is 2. The molecule has 41 heavy (non-hydrogen) atoms. The summed E-state index contributed by atoms with van der Waals surface area (Å²) in [6.07, 6.45) is 1.68. The van der Waals surface area contributed by atoms with Crippen LogP contribution in [0.2, 0.25) is 0 Å². The highest BCUT2D eigenvalue weighted by molar-refractivity contribution is 8.18. The summed E-state index contributed by atoms with van der Waals surface area (Å²) < 4.78 is 73.4. The van der Waals surface area contributed by atoms with Gasteiger partial charge in [-0.25, -0.2) is 0 Å². The van der Waals surface area contributed by atoms with Crippen molar-refractivity contribution in [3.63, 3.8) is 0 Å². The molecule has 8 nitrogen and oxygen atoms in total. The lowest BCUT2D eigenvalue weighted by molar-refractivity contribution is -0.113. The Labute approximate surface area is 239 Å². The highest BCUT2D eigenvalue weighted by Gasteiger charge is 2.46. The molecule has 1 aliphatic heterocycles. The maximum Gasteiger partial charge on any atom is 0.516 e. The van der Waals surface area contributed by atoms with Crippen LogP contribution < -0.4 is 19.5 Å². The van der Waals surface area contributed by atoms with Crippen molar-refractivity contribution in [3.8, 4) is 11.5 Å². The Balaban J connectivity index is 1.32. The van der Waals surface area contributed by atoms with Gasteiger partial charge < -0.3 is 14.8 Å². The van der Waals surface area contributed by atoms with E-state index < -0.39 is 21.4 Å². The van der Waals surface area contributed by atoms with E-state index in [1.165, 1.54) is 16.9 Å². The number of sulfonamides is 1. The van der Waals surface area contributed by atoms with Crippen LogP contribution in [-0.2, 0) is 21.4 Å². The van der Waals surface area contributed by atoms with Crippen molar-refractivity contribution in [1.29, 1.82) is 0 Å². The van der Waals surface area contributed by atoms with Gasteiger partial charge in [-0.1, -0.05) is 44.2 Å². The van der Waals surface area contributed by atoms with Crippen LogP contribution in [0.25, 0.3) is 6.08 Å². The van der Waals surface area contributed by atoms with Gasteiger partial charge >= 0.3 is 15.5 Å². The minimum atomic E-state index is -5.52. The molecule has 0 radical (unpaired) electrons. The number of thioether (sulfide) groups is 1. The van der Waals surface area contributed by atoms with Crippen LogP contribution >= 0.6 is 11.8 Å². The number of carbonyl (C=O) groups is 1. The van der Waals surface area contributed by atoms with Gasteiger partial charge in [0, 0.05) is 16.9 Å². The molecule has 4 rings (SSSR count). The average molecular weight is 606 g/mol. The Morgan fingerprint density at radius 1 is 0.951 bits per heavy atom. The first kappa shape index (κ1) is 30.0. The molecule has 0 unspecified atom stereocenters. The van der Waals surface area contributed by atoms with Crippen LogP contribution in [0.1, 0.15) is 25.0 Å². The summed E-state index contributed by atoms with van der Waals surface area (Å²) in [5.41, 5.74) is -3.60. The van der Waals surface area contributed by atoms with Crippen molar-refractivity contribution < 1.29 is 35.9 Å². The molecular weight excluding hydrogens is 579 g/mol. The molecule has 0 saturated heterocycles. The van der Waals surface area contributed by atoms with Crippen molar-refractivity contribution in [2.24, 2.45) is 10.9 Å². The van der Waals surface area contributed by atoms with Gasteiger partial charge in [0.1, 0.15) is 18.1 Å². The smallest absolute Gasteiger partial charge is 0.493 e. The summed E-state index contributed by atoms with van der Waals surface area (Å²) in [7, 11) is -5.52. The number of halogens is 3. The number of hydrogen-bond acceptors (Lipinski definition) is 7. The molecule has 0 aliphatic carbocycles. The Morgan fingerprint density at radius 3 is 2.27 bits per heavy atom. The Kier molecular flexibility index (Phi) is 9.28. The molecule has 1 amide bonds. The molecule has 216 valence electrons. The van der Waals surface area contributed by atoms with E-state index in [0.29, 0.717) is 35.5 Å². The molecule has 0 aromatic heterocycles. The number of hydrogen-bond donors (Lipinski definition) is 2. The third-order valence-corrected chi connectivity index (χ3v) is 7.44. The zero-order valence-electron chi connectivity index (χ0n) is 21.9. The van der Waals surface area contributed by atoms with Crippen LogP contribution in [0.3, 0.4) is 0 Å². The topological polar surface area (TPSA) is 106 Å². The van der Waals surface area contributed by atoms with E-state index in [2.05, 4.69) is 24.2 Å². The van der Waals surface area contributed by atoms with Gasteiger partial charge in [0.25, 0.3) is 5.91 Å². The number of aliphatic imine (C=N–C) groups is 1. The van der Waals surface area contributed by atoms with Crippen LogP contribution in [-0.4, -0.2) is 31.6 Å². The van der Waals surface area contributed by atoms with Gasteiger partial charge in [-0.05, 0) is 71.8 Å². The van der Waals surface area contributed by atoms with E-state index >= 15 is 0 Å². The molecule has 1 aliphatic rings. The highest BCUT2D eigenvalue weighted by atomic mass is 32.2. The zero-order chi connectivity index (χ0) is 29.6. The highest BCUT2D eigenvalue weighted by Crippen LogP contribution is 2.31. The average Bonchev–Trinajstić information content (AvgIpc) is 3.25. The largest absolute Gasteiger partial charge is 0.516 e. The quantitative estimate of drug-likeness (QED) is 0.250. The van der Waals surface area contributed by atoms with Gasteiger partial charge in [-0.3, -0.25) is 9.52 Å². The number of rotatable bonds is 10. The van der Waals surface area contributed by atoms with E-state index in [1.54, 1.807) is 18.2 Å². The maximum atomic E-state index is 12.5. The van der Waals surface area contributed by atoms with Crippen LogP contribution in [0, 0.1) is 5.92 Å². The van der Waals surface area contributed by atoms with Crippen LogP contribution in [0.5, 0.6) is 11.5 Å². The second kappa shape index (κ2) is 12.7. The number of nitrogens with zero attached hydrogens (tertiary/aromatic N) is 1. The van der Waals surface area contributed by atoms with E-state index in [4.69, 9.17) is 9.47 Å². The first-order chi connectivity index (χ1) is 19.4. The summed E-state index contributed by atoms with van der Waals surface area (Å²) in [5.74, 6) is 1.38. The number of amidine groups is 1. The molecule has 13 heteroatoms. The standard InChI is InChI=1S/C28H26F3N3O5S2/c1-18(2)16-39-24-6-4-3-5-20(24)17-38-23-13-7-19(8-14-23)15-25-26(35)33-27(40-25)32-21-9-11-22(12-10-21)34-41(36,37)28(29,30)31/h3-15,18,34H,16-17H2,1-2H3,(H,32,33,35)/b25-15+. The van der Waals surface area contributed by atoms with Crippen molar-refractivity contribution in [2.45, 2.75) is 26.0 Å². The lowest BCUT2D eigenvalue weighted by atomic mass is 10.2. The monoisotopic (exact) mass is 605 g/mol. The summed E-state index contributed by atoms with van der Waals surface area (Å²) in [5, 5.41) is 3.16. The van der Waals surface area contributed by atoms with Crippen molar-refractivity contribution in [3.05, 3.63) is 88.8 Å². The summed E-state index contributed by atoms with van der Waals surface area (Å²) >= 11 is 1.09. The lowest BCUT2D eigenvalue weighted by Crippen LogP contribution is -2.29. The number of nitrogens with one attached hydrogen (secondary N) is 2. The number of carbonyl (C=O) groups excluding carboxylic acids is 1. The molecule has 2 N–H and O–H groups in total. The van der Waals surface area contributed by atoms with E-state index in [1.807, 2.05) is 36.4 Å². The Bertz CT molecular complexity index is 1550. The normalized spacial score (nSPS) is 14.7. The minimum Gasteiger partial charge on any atom is -0.493 e. The molecule has 0 fully saturated rings. The SMILES string of the molecule is CC(C)COc1ccccc1COc1ccc(/C=C2/SC(Nc3ccc(NS(=O)(=O)C(F)(F)F)cc3)=NC2=O)cc1. The Morgan fingerprint density at radius 2 is 1.61 bits per heavy atom. The Hall–Kier alpha value is -3.97.